The highest BCUT2D eigenvalue weighted by Gasteiger charge is 2.20. The number of nitriles is 1. The summed E-state index contributed by atoms with van der Waals surface area (Å²) in [6.45, 7) is 3.26. The molecule has 1 heterocycles. The van der Waals surface area contributed by atoms with Gasteiger partial charge >= 0.3 is 0 Å². The second-order valence-corrected chi connectivity index (χ2v) is 8.51. The Balaban J connectivity index is 1.71. The molecule has 3 aromatic rings. The molecule has 0 spiro atoms. The number of hydrogen-bond donors (Lipinski definition) is 1. The molecule has 0 aliphatic carbocycles. The maximum absolute atomic E-state index is 12.3. The van der Waals surface area contributed by atoms with E-state index in [1.807, 2.05) is 49.4 Å². The molecule has 0 saturated carbocycles. The molecule has 0 fully saturated rings. The van der Waals surface area contributed by atoms with Crippen molar-refractivity contribution in [3.8, 4) is 11.8 Å². The van der Waals surface area contributed by atoms with Crippen LogP contribution in [0.4, 0.5) is 10.8 Å². The van der Waals surface area contributed by atoms with E-state index < -0.39 is 0 Å². The fourth-order valence-electron chi connectivity index (χ4n) is 2.98. The summed E-state index contributed by atoms with van der Waals surface area (Å²) < 4.78 is 8.52. The molecule has 31 heavy (non-hydrogen) atoms. The van der Waals surface area contributed by atoms with Crippen LogP contribution in [0, 0.1) is 18.3 Å². The lowest BCUT2D eigenvalue weighted by atomic mass is 10.2. The predicted octanol–water partition coefficient (Wildman–Crippen LogP) is 5.33. The van der Waals surface area contributed by atoms with E-state index in [2.05, 4.69) is 20.7 Å². The molecule has 8 heteroatoms. The second kappa shape index (κ2) is 11.4. The topological polar surface area (TPSA) is 78.2 Å². The Morgan fingerprint density at radius 3 is 2.61 bits per heavy atom. The summed E-state index contributed by atoms with van der Waals surface area (Å²) in [7, 11) is 0. The van der Waals surface area contributed by atoms with Gasteiger partial charge in [0, 0.05) is 23.4 Å². The zero-order chi connectivity index (χ0) is 22.1. The highest BCUT2D eigenvalue weighted by atomic mass is 32.2. The van der Waals surface area contributed by atoms with Gasteiger partial charge in [-0.05, 0) is 56.2 Å². The van der Waals surface area contributed by atoms with Crippen LogP contribution < -0.4 is 14.4 Å². The number of nitrogens with one attached hydrogen (secondary N) is 1. The van der Waals surface area contributed by atoms with E-state index >= 15 is 0 Å². The lowest BCUT2D eigenvalue weighted by Gasteiger charge is -2.22. The number of aromatic nitrogens is 1. The number of benzene rings is 2. The summed E-state index contributed by atoms with van der Waals surface area (Å²) in [6, 6.07) is 19.3. The number of rotatable bonds is 10. The Hall–Kier alpha value is -3.02. The van der Waals surface area contributed by atoms with Gasteiger partial charge in [-0.25, -0.2) is 4.98 Å². The summed E-state index contributed by atoms with van der Waals surface area (Å²) >= 11 is 2.75. The highest BCUT2D eigenvalue weighted by molar-refractivity contribution is 7.97. The monoisotopic (exact) mass is 452 g/mol. The number of thiazole rings is 1. The van der Waals surface area contributed by atoms with E-state index in [9.17, 15) is 4.79 Å². The molecule has 0 aliphatic heterocycles. The number of nitrogens with zero attached hydrogens (tertiary/aromatic N) is 3. The Labute approximate surface area is 191 Å². The van der Waals surface area contributed by atoms with Crippen molar-refractivity contribution in [3.63, 3.8) is 0 Å². The number of aryl methyl sites for hydroxylation is 1. The largest absolute Gasteiger partial charge is 0.494 e. The van der Waals surface area contributed by atoms with Crippen molar-refractivity contribution in [1.29, 1.82) is 5.26 Å². The molecule has 3 rings (SSSR count). The van der Waals surface area contributed by atoms with Crippen LogP contribution in [-0.2, 0) is 0 Å². The number of ether oxygens (including phenoxy) is 1. The van der Waals surface area contributed by atoms with Crippen LogP contribution >= 0.6 is 23.3 Å². The molecular formula is C23H24N4O2S2. The normalized spacial score (nSPS) is 10.4. The van der Waals surface area contributed by atoms with Gasteiger partial charge in [-0.3, -0.25) is 9.52 Å². The average molecular weight is 453 g/mol. The Bertz CT molecular complexity index is 1030. The molecule has 160 valence electrons. The van der Waals surface area contributed by atoms with E-state index in [-0.39, 0.29) is 5.91 Å². The minimum absolute atomic E-state index is 0.191. The lowest BCUT2D eigenvalue weighted by molar-refractivity contribution is 0.0980. The van der Waals surface area contributed by atoms with Crippen LogP contribution in [0.25, 0.3) is 0 Å². The van der Waals surface area contributed by atoms with E-state index in [0.29, 0.717) is 17.9 Å². The van der Waals surface area contributed by atoms with Crippen LogP contribution in [-0.4, -0.2) is 30.3 Å². The minimum atomic E-state index is -0.191. The molecule has 1 aromatic heterocycles. The number of unbranched alkanes of at least 4 members (excludes halogenated alkanes) is 1. The lowest BCUT2D eigenvalue weighted by Crippen LogP contribution is -2.20. The van der Waals surface area contributed by atoms with Crippen molar-refractivity contribution in [2.45, 2.75) is 19.8 Å². The smallest absolute Gasteiger partial charge is 0.280 e. The van der Waals surface area contributed by atoms with Crippen LogP contribution in [0.3, 0.4) is 0 Å². The standard InChI is InChI=1S/C23H24N4O2S2/c1-17-21(22(28)26-30-2)25-23(31-17)27(19-12-10-18(16-24)11-13-19)14-6-7-15-29-20-8-4-3-5-9-20/h3-5,8-13H,6-7,14-15H2,1-2H3,(H,26,28). The van der Waals surface area contributed by atoms with Crippen molar-refractivity contribution in [3.05, 3.63) is 70.7 Å². The maximum atomic E-state index is 12.3. The van der Waals surface area contributed by atoms with E-state index in [4.69, 9.17) is 10.00 Å². The maximum Gasteiger partial charge on any atom is 0.280 e. The summed E-state index contributed by atoms with van der Waals surface area (Å²) in [5.41, 5.74) is 1.99. The predicted molar refractivity (Wildman–Crippen MR) is 127 cm³/mol. The molecule has 0 atom stereocenters. The molecule has 0 bridgehead atoms. The van der Waals surface area contributed by atoms with Crippen LogP contribution in [0.1, 0.15) is 33.8 Å². The molecule has 0 saturated heterocycles. The third-order valence-corrected chi connectivity index (χ3v) is 5.91. The van der Waals surface area contributed by atoms with Crippen LogP contribution in [0.2, 0.25) is 0 Å². The molecule has 0 aliphatic rings. The molecule has 6 nitrogen and oxygen atoms in total. The number of carbonyl (C=O) groups excluding carboxylic acids is 1. The van der Waals surface area contributed by atoms with Gasteiger partial charge in [0.1, 0.15) is 11.4 Å². The van der Waals surface area contributed by atoms with Gasteiger partial charge in [-0.2, -0.15) is 5.26 Å². The van der Waals surface area contributed by atoms with Gasteiger partial charge in [0.05, 0.1) is 18.2 Å². The SMILES string of the molecule is CSNC(=O)c1nc(N(CCCCOc2ccccc2)c2ccc(C#N)cc2)sc1C. The van der Waals surface area contributed by atoms with E-state index in [0.717, 1.165) is 40.8 Å². The number of carbonyl (C=O) groups is 1. The highest BCUT2D eigenvalue weighted by Crippen LogP contribution is 2.32. The van der Waals surface area contributed by atoms with Gasteiger partial charge in [0.2, 0.25) is 0 Å². The second-order valence-electron chi connectivity index (χ2n) is 6.72. The Kier molecular flexibility index (Phi) is 8.33. The summed E-state index contributed by atoms with van der Waals surface area (Å²) in [6.07, 6.45) is 3.57. The summed E-state index contributed by atoms with van der Waals surface area (Å²) in [4.78, 5) is 19.9. The fraction of sp³-hybridized carbons (Fsp3) is 0.261. The van der Waals surface area contributed by atoms with Crippen LogP contribution in [0.15, 0.2) is 54.6 Å². The third-order valence-electron chi connectivity index (χ3n) is 4.52. The van der Waals surface area contributed by atoms with Crippen molar-refractivity contribution in [2.75, 3.05) is 24.3 Å². The van der Waals surface area contributed by atoms with Gasteiger partial charge in [0.15, 0.2) is 5.13 Å². The number of hydrogen-bond acceptors (Lipinski definition) is 7. The Morgan fingerprint density at radius 1 is 1.19 bits per heavy atom. The van der Waals surface area contributed by atoms with E-state index in [1.54, 1.807) is 18.4 Å². The molecule has 0 radical (unpaired) electrons. The van der Waals surface area contributed by atoms with Gasteiger partial charge in [-0.15, -0.1) is 11.3 Å². The zero-order valence-corrected chi connectivity index (χ0v) is 19.1. The first-order valence-electron chi connectivity index (χ1n) is 9.88. The molecule has 2 aromatic carbocycles. The van der Waals surface area contributed by atoms with E-state index in [1.165, 1.54) is 23.3 Å². The van der Waals surface area contributed by atoms with Gasteiger partial charge < -0.3 is 9.64 Å². The first kappa shape index (κ1) is 22.7. The first-order chi connectivity index (χ1) is 15.1. The van der Waals surface area contributed by atoms with Crippen molar-refractivity contribution < 1.29 is 9.53 Å². The molecule has 1 amide bonds. The average Bonchev–Trinajstić information content (AvgIpc) is 3.18. The summed E-state index contributed by atoms with van der Waals surface area (Å²) in [5, 5.41) is 9.86. The zero-order valence-electron chi connectivity index (χ0n) is 17.5. The molecule has 0 unspecified atom stereocenters. The number of anilines is 2. The van der Waals surface area contributed by atoms with Gasteiger partial charge in [0.25, 0.3) is 5.91 Å². The summed E-state index contributed by atoms with van der Waals surface area (Å²) in [5.74, 6) is 0.676. The number of amides is 1. The minimum Gasteiger partial charge on any atom is -0.494 e. The quantitative estimate of drug-likeness (QED) is 0.331. The fourth-order valence-corrected chi connectivity index (χ4v) is 4.21. The third kappa shape index (κ3) is 6.23. The van der Waals surface area contributed by atoms with Crippen molar-refractivity contribution in [1.82, 2.24) is 9.71 Å². The van der Waals surface area contributed by atoms with Crippen molar-refractivity contribution >= 4 is 40.0 Å². The van der Waals surface area contributed by atoms with Crippen molar-refractivity contribution in [2.24, 2.45) is 0 Å². The number of para-hydroxylation sites is 1. The van der Waals surface area contributed by atoms with Gasteiger partial charge in [-0.1, -0.05) is 30.1 Å². The molecule has 1 N–H and O–H groups in total. The first-order valence-corrected chi connectivity index (χ1v) is 11.9. The molecular weight excluding hydrogens is 428 g/mol. The van der Waals surface area contributed by atoms with Crippen LogP contribution in [0.5, 0.6) is 5.75 Å². The Morgan fingerprint density at radius 2 is 1.94 bits per heavy atom.